The average molecular weight is 249 g/mol. The van der Waals surface area contributed by atoms with Crippen molar-refractivity contribution in [3.05, 3.63) is 0 Å². The molecule has 0 heterocycles. The van der Waals surface area contributed by atoms with E-state index in [1.165, 1.54) is 0 Å². The van der Waals surface area contributed by atoms with Crippen LogP contribution in [-0.4, -0.2) is 53.7 Å². The third-order valence-corrected chi connectivity index (χ3v) is 1.66. The van der Waals surface area contributed by atoms with Gasteiger partial charge in [0.2, 0.25) is 0 Å². The lowest BCUT2D eigenvalue weighted by Crippen LogP contribution is -2.44. The molecular weight excluding hydrogens is 230 g/mol. The van der Waals surface area contributed by atoms with Gasteiger partial charge in [0.1, 0.15) is 11.7 Å². The maximum absolute atomic E-state index is 11.2. The zero-order valence-electron chi connectivity index (χ0n) is 10.4. The van der Waals surface area contributed by atoms with E-state index in [2.05, 4.69) is 10.1 Å². The minimum atomic E-state index is -1.70. The first-order valence-electron chi connectivity index (χ1n) is 5.08. The van der Waals surface area contributed by atoms with Crippen LogP contribution in [0.3, 0.4) is 0 Å². The summed E-state index contributed by atoms with van der Waals surface area (Å²) in [4.78, 5) is 22.0. The molecule has 3 N–H and O–H groups in total. The number of hydrogen-bond donors (Lipinski definition) is 3. The summed E-state index contributed by atoms with van der Waals surface area (Å²) in [5.41, 5.74) is -0.657. The van der Waals surface area contributed by atoms with Crippen LogP contribution in [0.2, 0.25) is 0 Å². The van der Waals surface area contributed by atoms with Crippen LogP contribution >= 0.6 is 0 Å². The van der Waals surface area contributed by atoms with Gasteiger partial charge in [0.05, 0.1) is 7.11 Å². The van der Waals surface area contributed by atoms with Crippen LogP contribution < -0.4 is 5.32 Å². The van der Waals surface area contributed by atoms with E-state index in [0.29, 0.717) is 0 Å². The van der Waals surface area contributed by atoms with Gasteiger partial charge in [-0.2, -0.15) is 0 Å². The minimum absolute atomic E-state index is 0.314. The molecule has 0 aromatic heterocycles. The molecule has 1 amide bonds. The molecular formula is C10H19NO6. The van der Waals surface area contributed by atoms with Gasteiger partial charge in [0.15, 0.2) is 6.10 Å². The highest BCUT2D eigenvalue weighted by Gasteiger charge is 2.26. The van der Waals surface area contributed by atoms with Crippen molar-refractivity contribution >= 4 is 12.1 Å². The van der Waals surface area contributed by atoms with E-state index in [9.17, 15) is 19.8 Å². The van der Waals surface area contributed by atoms with Crippen molar-refractivity contribution in [1.82, 2.24) is 5.32 Å². The van der Waals surface area contributed by atoms with Crippen LogP contribution in [0.25, 0.3) is 0 Å². The SMILES string of the molecule is COC(=O)[C@@H](O)[C@H](O)CNC(=O)OC(C)(C)C. The summed E-state index contributed by atoms with van der Waals surface area (Å²) < 4.78 is 9.12. The van der Waals surface area contributed by atoms with E-state index in [0.717, 1.165) is 7.11 Å². The molecule has 0 bridgehead atoms. The van der Waals surface area contributed by atoms with Gasteiger partial charge in [-0.05, 0) is 20.8 Å². The molecule has 0 unspecified atom stereocenters. The Morgan fingerprint density at radius 1 is 1.29 bits per heavy atom. The van der Waals surface area contributed by atoms with Crippen molar-refractivity contribution in [2.75, 3.05) is 13.7 Å². The number of aliphatic hydroxyl groups excluding tert-OH is 2. The quantitative estimate of drug-likeness (QED) is 0.575. The standard InChI is InChI=1S/C10H19NO6/c1-10(2,3)17-9(15)11-5-6(12)7(13)8(14)16-4/h6-7,12-13H,5H2,1-4H3,(H,11,15)/t6-,7+/m1/s1. The third-order valence-electron chi connectivity index (χ3n) is 1.66. The van der Waals surface area contributed by atoms with Gasteiger partial charge in [-0.1, -0.05) is 0 Å². The molecule has 7 nitrogen and oxygen atoms in total. The van der Waals surface area contributed by atoms with Crippen LogP contribution in [0.1, 0.15) is 20.8 Å². The number of rotatable bonds is 4. The molecule has 0 rings (SSSR count). The first-order chi connectivity index (χ1) is 7.67. The van der Waals surface area contributed by atoms with Crippen molar-refractivity contribution in [3.63, 3.8) is 0 Å². The molecule has 100 valence electrons. The Hall–Kier alpha value is -1.34. The smallest absolute Gasteiger partial charge is 0.407 e. The van der Waals surface area contributed by atoms with E-state index in [4.69, 9.17) is 4.74 Å². The van der Waals surface area contributed by atoms with Crippen LogP contribution in [0.5, 0.6) is 0 Å². The fourth-order valence-electron chi connectivity index (χ4n) is 0.892. The molecule has 0 radical (unpaired) electrons. The monoisotopic (exact) mass is 249 g/mol. The summed E-state index contributed by atoms with van der Waals surface area (Å²) in [7, 11) is 1.08. The molecule has 0 aromatic rings. The maximum Gasteiger partial charge on any atom is 0.407 e. The molecule has 2 atom stereocenters. The number of hydrogen-bond acceptors (Lipinski definition) is 6. The van der Waals surface area contributed by atoms with E-state index >= 15 is 0 Å². The molecule has 0 saturated heterocycles. The van der Waals surface area contributed by atoms with Gasteiger partial charge in [-0.25, -0.2) is 9.59 Å². The first kappa shape index (κ1) is 15.7. The number of carbonyl (C=O) groups is 2. The van der Waals surface area contributed by atoms with E-state index < -0.39 is 29.9 Å². The van der Waals surface area contributed by atoms with Crippen LogP contribution in [0.4, 0.5) is 4.79 Å². The normalized spacial score (nSPS) is 14.7. The van der Waals surface area contributed by atoms with E-state index in [1.807, 2.05) is 0 Å². The Morgan fingerprint density at radius 3 is 2.24 bits per heavy atom. The van der Waals surface area contributed by atoms with Crippen molar-refractivity contribution in [1.29, 1.82) is 0 Å². The predicted molar refractivity (Wildman–Crippen MR) is 58.3 cm³/mol. The molecule has 0 aliphatic rings. The molecule has 0 aliphatic heterocycles. The van der Waals surface area contributed by atoms with E-state index in [1.54, 1.807) is 20.8 Å². The lowest BCUT2D eigenvalue weighted by Gasteiger charge is -2.21. The summed E-state index contributed by atoms with van der Waals surface area (Å²) in [6.07, 6.45) is -3.89. The molecule has 0 saturated carbocycles. The first-order valence-corrected chi connectivity index (χ1v) is 5.08. The second-order valence-corrected chi connectivity index (χ2v) is 4.42. The average Bonchev–Trinajstić information content (AvgIpc) is 2.21. The largest absolute Gasteiger partial charge is 0.467 e. The van der Waals surface area contributed by atoms with Crippen molar-refractivity contribution in [2.24, 2.45) is 0 Å². The Balaban J connectivity index is 4.04. The molecule has 0 aliphatic carbocycles. The Bertz CT molecular complexity index is 272. The van der Waals surface area contributed by atoms with Gasteiger partial charge in [-0.15, -0.1) is 0 Å². The summed E-state index contributed by atoms with van der Waals surface area (Å²) in [6, 6.07) is 0. The summed E-state index contributed by atoms with van der Waals surface area (Å²) in [5, 5.41) is 20.8. The van der Waals surface area contributed by atoms with Gasteiger partial charge in [0.25, 0.3) is 0 Å². The number of amides is 1. The molecule has 0 spiro atoms. The molecule has 0 aromatic carbocycles. The number of ether oxygens (including phenoxy) is 2. The lowest BCUT2D eigenvalue weighted by molar-refractivity contribution is -0.156. The fraction of sp³-hybridized carbons (Fsp3) is 0.800. The summed E-state index contributed by atoms with van der Waals surface area (Å²) in [5.74, 6) is -0.969. The van der Waals surface area contributed by atoms with E-state index in [-0.39, 0.29) is 6.54 Å². The Kier molecular flexibility index (Phi) is 5.90. The van der Waals surface area contributed by atoms with Crippen molar-refractivity contribution in [3.8, 4) is 0 Å². The minimum Gasteiger partial charge on any atom is -0.467 e. The number of methoxy groups -OCH3 is 1. The van der Waals surface area contributed by atoms with Crippen molar-refractivity contribution < 1.29 is 29.3 Å². The lowest BCUT2D eigenvalue weighted by atomic mass is 10.2. The number of nitrogens with one attached hydrogen (secondary N) is 1. The van der Waals surface area contributed by atoms with Gasteiger partial charge < -0.3 is 25.0 Å². The maximum atomic E-state index is 11.2. The fourth-order valence-corrected chi connectivity index (χ4v) is 0.892. The predicted octanol–water partition coefficient (Wildman–Crippen LogP) is -0.594. The number of carbonyl (C=O) groups excluding carboxylic acids is 2. The van der Waals surface area contributed by atoms with Crippen LogP contribution in [-0.2, 0) is 14.3 Å². The Labute approximate surface area is 99.7 Å². The van der Waals surface area contributed by atoms with Gasteiger partial charge in [-0.3, -0.25) is 0 Å². The zero-order chi connectivity index (χ0) is 13.6. The van der Waals surface area contributed by atoms with Gasteiger partial charge in [0, 0.05) is 6.54 Å². The summed E-state index contributed by atoms with van der Waals surface area (Å²) in [6.45, 7) is 4.75. The van der Waals surface area contributed by atoms with Gasteiger partial charge >= 0.3 is 12.1 Å². The number of aliphatic hydroxyl groups is 2. The Morgan fingerprint density at radius 2 is 1.82 bits per heavy atom. The highest BCUT2D eigenvalue weighted by atomic mass is 16.6. The molecule has 0 fully saturated rings. The number of esters is 1. The van der Waals surface area contributed by atoms with Crippen molar-refractivity contribution in [2.45, 2.75) is 38.6 Å². The second-order valence-electron chi connectivity index (χ2n) is 4.42. The highest BCUT2D eigenvalue weighted by molar-refractivity contribution is 5.75. The number of alkyl carbamates (subject to hydrolysis) is 1. The van der Waals surface area contributed by atoms with Crippen LogP contribution in [0, 0.1) is 0 Å². The molecule has 17 heavy (non-hydrogen) atoms. The topological polar surface area (TPSA) is 105 Å². The third kappa shape index (κ3) is 6.75. The van der Waals surface area contributed by atoms with Crippen LogP contribution in [0.15, 0.2) is 0 Å². The summed E-state index contributed by atoms with van der Waals surface area (Å²) >= 11 is 0. The second kappa shape index (κ2) is 6.41. The molecule has 7 heteroatoms. The highest BCUT2D eigenvalue weighted by Crippen LogP contribution is 2.06. The zero-order valence-corrected chi connectivity index (χ0v) is 10.4.